The van der Waals surface area contributed by atoms with E-state index in [-0.39, 0.29) is 11.7 Å². The Morgan fingerprint density at radius 1 is 1.41 bits per heavy atom. The molecule has 0 amide bonds. The van der Waals surface area contributed by atoms with Gasteiger partial charge in [-0.1, -0.05) is 6.92 Å². The number of Topliss-reactive ketones (excluding diaryl/α,β-unsaturated/α-hetero) is 1. The molecule has 4 nitrogen and oxygen atoms in total. The highest BCUT2D eigenvalue weighted by molar-refractivity contribution is 7.21. The summed E-state index contributed by atoms with van der Waals surface area (Å²) in [6.07, 6.45) is 5.00. The van der Waals surface area contributed by atoms with Crippen LogP contribution in [0.4, 0.5) is 5.69 Å². The maximum Gasteiger partial charge on any atom is 0.178 e. The van der Waals surface area contributed by atoms with Gasteiger partial charge in [0.25, 0.3) is 0 Å². The number of anilines is 1. The summed E-state index contributed by atoms with van der Waals surface area (Å²) in [7, 11) is 0. The number of pyridine rings is 1. The lowest BCUT2D eigenvalue weighted by molar-refractivity contribution is 0.0853. The van der Waals surface area contributed by atoms with Crippen LogP contribution in [0, 0.1) is 11.8 Å². The molecule has 2 aromatic rings. The van der Waals surface area contributed by atoms with Crippen LogP contribution in [0.25, 0.3) is 10.2 Å². The van der Waals surface area contributed by atoms with E-state index in [4.69, 9.17) is 10.5 Å². The van der Waals surface area contributed by atoms with Gasteiger partial charge in [0, 0.05) is 25.3 Å². The SMILES string of the molecule is C[C@H]1CC1C(=O)c1sc2cc(C3CCOCC3)cnc2c1N. The summed E-state index contributed by atoms with van der Waals surface area (Å²) in [5.74, 6) is 1.39. The van der Waals surface area contributed by atoms with Gasteiger partial charge in [-0.15, -0.1) is 11.3 Å². The molecule has 1 unspecified atom stereocenters. The largest absolute Gasteiger partial charge is 0.396 e. The molecule has 2 N–H and O–H groups in total. The van der Waals surface area contributed by atoms with E-state index >= 15 is 0 Å². The molecule has 0 radical (unpaired) electrons. The maximum absolute atomic E-state index is 12.5. The van der Waals surface area contributed by atoms with Gasteiger partial charge < -0.3 is 10.5 Å². The number of nitrogens with two attached hydrogens (primary N) is 1. The first-order valence-electron chi connectivity index (χ1n) is 7.95. The molecule has 3 heterocycles. The van der Waals surface area contributed by atoms with E-state index in [1.807, 2.05) is 6.20 Å². The molecule has 2 aliphatic rings. The van der Waals surface area contributed by atoms with Crippen molar-refractivity contribution in [1.82, 2.24) is 4.98 Å². The highest BCUT2D eigenvalue weighted by Gasteiger charge is 2.41. The van der Waals surface area contributed by atoms with Crippen molar-refractivity contribution in [2.24, 2.45) is 11.8 Å². The summed E-state index contributed by atoms with van der Waals surface area (Å²) in [6.45, 7) is 3.75. The van der Waals surface area contributed by atoms with Crippen molar-refractivity contribution in [2.75, 3.05) is 18.9 Å². The number of ether oxygens (including phenoxy) is 1. The topological polar surface area (TPSA) is 65.2 Å². The lowest BCUT2D eigenvalue weighted by Crippen LogP contribution is -2.14. The first-order valence-corrected chi connectivity index (χ1v) is 8.76. The van der Waals surface area contributed by atoms with Crippen molar-refractivity contribution in [3.8, 4) is 0 Å². The van der Waals surface area contributed by atoms with Crippen molar-refractivity contribution >= 4 is 33.0 Å². The molecule has 116 valence electrons. The molecule has 5 heteroatoms. The second-order valence-electron chi connectivity index (χ2n) is 6.53. The summed E-state index contributed by atoms with van der Waals surface area (Å²) in [5.41, 5.74) is 8.79. The van der Waals surface area contributed by atoms with E-state index in [0.29, 0.717) is 22.4 Å². The third-order valence-electron chi connectivity index (χ3n) is 4.95. The smallest absolute Gasteiger partial charge is 0.178 e. The van der Waals surface area contributed by atoms with Crippen molar-refractivity contribution in [3.63, 3.8) is 0 Å². The number of ketones is 1. The number of nitrogens with zero attached hydrogens (tertiary/aromatic N) is 1. The Hall–Kier alpha value is -1.46. The van der Waals surface area contributed by atoms with E-state index in [9.17, 15) is 4.79 Å². The third kappa shape index (κ3) is 2.32. The Bertz CT molecular complexity index is 734. The number of fused-ring (bicyclic) bond motifs is 1. The second-order valence-corrected chi connectivity index (χ2v) is 7.58. The zero-order chi connectivity index (χ0) is 15.3. The van der Waals surface area contributed by atoms with Gasteiger partial charge >= 0.3 is 0 Å². The molecular formula is C17H20N2O2S. The molecule has 1 saturated heterocycles. The van der Waals surface area contributed by atoms with Crippen LogP contribution in [-0.2, 0) is 4.74 Å². The number of hydrogen-bond donors (Lipinski definition) is 1. The highest BCUT2D eigenvalue weighted by Crippen LogP contribution is 2.44. The summed E-state index contributed by atoms with van der Waals surface area (Å²) < 4.78 is 6.46. The van der Waals surface area contributed by atoms with E-state index in [1.54, 1.807) is 0 Å². The van der Waals surface area contributed by atoms with Gasteiger partial charge in [0.2, 0.25) is 0 Å². The first kappa shape index (κ1) is 14.2. The molecule has 4 rings (SSSR count). The summed E-state index contributed by atoms with van der Waals surface area (Å²) in [5, 5.41) is 0. The molecule has 0 bridgehead atoms. The minimum Gasteiger partial charge on any atom is -0.396 e. The van der Waals surface area contributed by atoms with E-state index < -0.39 is 0 Å². The fourth-order valence-electron chi connectivity index (χ4n) is 3.31. The van der Waals surface area contributed by atoms with Crippen LogP contribution in [0.1, 0.15) is 47.3 Å². The van der Waals surface area contributed by atoms with Crippen molar-refractivity contribution in [2.45, 2.75) is 32.1 Å². The van der Waals surface area contributed by atoms with Gasteiger partial charge in [0.1, 0.15) is 5.52 Å². The molecule has 1 aliphatic carbocycles. The lowest BCUT2D eigenvalue weighted by atomic mass is 9.93. The zero-order valence-corrected chi connectivity index (χ0v) is 13.5. The Balaban J connectivity index is 1.69. The van der Waals surface area contributed by atoms with Crippen molar-refractivity contribution in [3.05, 3.63) is 22.7 Å². The van der Waals surface area contributed by atoms with E-state index in [0.717, 1.165) is 42.7 Å². The van der Waals surface area contributed by atoms with Gasteiger partial charge in [-0.05, 0) is 42.7 Å². The quantitative estimate of drug-likeness (QED) is 0.879. The van der Waals surface area contributed by atoms with Crippen LogP contribution >= 0.6 is 11.3 Å². The van der Waals surface area contributed by atoms with Crippen LogP contribution in [0.2, 0.25) is 0 Å². The van der Waals surface area contributed by atoms with Gasteiger partial charge in [-0.2, -0.15) is 0 Å². The monoisotopic (exact) mass is 316 g/mol. The fraction of sp³-hybridized carbons (Fsp3) is 0.529. The van der Waals surface area contributed by atoms with Gasteiger partial charge in [-0.25, -0.2) is 0 Å². The third-order valence-corrected chi connectivity index (χ3v) is 6.10. The predicted molar refractivity (Wildman–Crippen MR) is 88.4 cm³/mol. The van der Waals surface area contributed by atoms with Crippen molar-refractivity contribution < 1.29 is 9.53 Å². The maximum atomic E-state index is 12.5. The lowest BCUT2D eigenvalue weighted by Gasteiger charge is -2.21. The minimum atomic E-state index is 0.172. The molecule has 2 aromatic heterocycles. The Morgan fingerprint density at radius 3 is 2.82 bits per heavy atom. The normalized spacial score (nSPS) is 25.5. The first-order chi connectivity index (χ1) is 10.6. The standard InChI is InChI=1S/C17H20N2O2S/c1-9-6-12(9)16(20)17-14(18)15-13(22-17)7-11(8-19-15)10-2-4-21-5-3-10/h7-10,12H,2-6,18H2,1H3/t9-,12?/m0/s1. The zero-order valence-electron chi connectivity index (χ0n) is 12.7. The highest BCUT2D eigenvalue weighted by atomic mass is 32.1. The van der Waals surface area contributed by atoms with Crippen LogP contribution < -0.4 is 5.73 Å². The molecule has 2 atom stereocenters. The second kappa shape index (κ2) is 5.32. The Morgan fingerprint density at radius 2 is 2.14 bits per heavy atom. The summed E-state index contributed by atoms with van der Waals surface area (Å²) >= 11 is 1.51. The number of carbonyl (C=O) groups excluding carboxylic acids is 1. The molecule has 1 aliphatic heterocycles. The van der Waals surface area contributed by atoms with Crippen molar-refractivity contribution in [1.29, 1.82) is 0 Å². The number of rotatable bonds is 3. The Kier molecular flexibility index (Phi) is 3.42. The van der Waals surface area contributed by atoms with E-state index in [2.05, 4.69) is 18.0 Å². The fourth-order valence-corrected chi connectivity index (χ4v) is 4.44. The number of carbonyl (C=O) groups is 1. The molecular weight excluding hydrogens is 296 g/mol. The summed E-state index contributed by atoms with van der Waals surface area (Å²) in [6, 6.07) is 2.17. The van der Waals surface area contributed by atoms with Crippen LogP contribution in [0.15, 0.2) is 12.3 Å². The molecule has 0 aromatic carbocycles. The molecule has 22 heavy (non-hydrogen) atoms. The van der Waals surface area contributed by atoms with Gasteiger partial charge in [-0.3, -0.25) is 9.78 Å². The number of aromatic nitrogens is 1. The van der Waals surface area contributed by atoms with Crippen LogP contribution in [-0.4, -0.2) is 24.0 Å². The van der Waals surface area contributed by atoms with E-state index in [1.165, 1.54) is 16.9 Å². The Labute approximate surface area is 133 Å². The number of nitrogen functional groups attached to an aromatic ring is 1. The predicted octanol–water partition coefficient (Wildman–Crippen LogP) is 3.61. The van der Waals surface area contributed by atoms with Crippen LogP contribution in [0.5, 0.6) is 0 Å². The molecule has 0 spiro atoms. The van der Waals surface area contributed by atoms with Crippen LogP contribution in [0.3, 0.4) is 0 Å². The number of hydrogen-bond acceptors (Lipinski definition) is 5. The van der Waals surface area contributed by atoms with Gasteiger partial charge in [0.05, 0.1) is 15.3 Å². The minimum absolute atomic E-state index is 0.172. The molecule has 2 fully saturated rings. The molecule has 1 saturated carbocycles. The summed E-state index contributed by atoms with van der Waals surface area (Å²) in [4.78, 5) is 17.7. The average molecular weight is 316 g/mol. The van der Waals surface area contributed by atoms with Gasteiger partial charge in [0.15, 0.2) is 5.78 Å². The average Bonchev–Trinajstić information content (AvgIpc) is 3.19. The number of thiophene rings is 1.